The fourth-order valence-corrected chi connectivity index (χ4v) is 4.11. The minimum absolute atomic E-state index is 0.554. The summed E-state index contributed by atoms with van der Waals surface area (Å²) in [6.07, 6.45) is 5.40. The number of hydrogen-bond acceptors (Lipinski definition) is 3. The number of aliphatic hydroxyl groups excluding tert-OH is 1. The third kappa shape index (κ3) is 2.85. The molecule has 104 valence electrons. The van der Waals surface area contributed by atoms with Gasteiger partial charge in [0.2, 0.25) is 0 Å². The van der Waals surface area contributed by atoms with Crippen molar-refractivity contribution in [3.05, 3.63) is 21.9 Å². The molecule has 1 aromatic rings. The Bertz CT molecular complexity index is 452. The van der Waals surface area contributed by atoms with Gasteiger partial charge in [-0.1, -0.05) is 20.3 Å². The van der Waals surface area contributed by atoms with Crippen LogP contribution in [-0.2, 0) is 6.42 Å². The Morgan fingerprint density at radius 3 is 2.58 bits per heavy atom. The van der Waals surface area contributed by atoms with E-state index in [9.17, 15) is 10.4 Å². The van der Waals surface area contributed by atoms with Crippen LogP contribution in [-0.4, -0.2) is 5.11 Å². The second-order valence-corrected chi connectivity index (χ2v) is 6.88. The lowest BCUT2D eigenvalue weighted by Gasteiger charge is -2.37. The van der Waals surface area contributed by atoms with Gasteiger partial charge in [0.15, 0.2) is 0 Å². The first-order chi connectivity index (χ1) is 9.15. The lowest BCUT2D eigenvalue weighted by molar-refractivity contribution is 0.0267. The van der Waals surface area contributed by atoms with E-state index >= 15 is 0 Å². The summed E-state index contributed by atoms with van der Waals surface area (Å²) >= 11 is 1.65. The van der Waals surface area contributed by atoms with Crippen molar-refractivity contribution in [1.82, 2.24) is 0 Å². The van der Waals surface area contributed by atoms with Crippen LogP contribution in [0.2, 0.25) is 0 Å². The number of aryl methyl sites for hydroxylation is 1. The quantitative estimate of drug-likeness (QED) is 0.883. The minimum Gasteiger partial charge on any atom is -0.386 e. The molecule has 0 saturated heterocycles. The molecule has 2 nitrogen and oxygen atoms in total. The number of thiophene rings is 1. The average molecular weight is 277 g/mol. The first kappa shape index (κ1) is 14.6. The fourth-order valence-electron chi connectivity index (χ4n) is 3.05. The molecule has 19 heavy (non-hydrogen) atoms. The Balaban J connectivity index is 2.15. The van der Waals surface area contributed by atoms with Crippen molar-refractivity contribution in [3.8, 4) is 6.07 Å². The van der Waals surface area contributed by atoms with Gasteiger partial charge in [-0.05, 0) is 50.2 Å². The molecule has 2 rings (SSSR count). The van der Waals surface area contributed by atoms with E-state index in [2.05, 4.69) is 26.0 Å². The van der Waals surface area contributed by atoms with E-state index in [1.165, 1.54) is 11.3 Å². The van der Waals surface area contributed by atoms with Crippen molar-refractivity contribution in [1.29, 1.82) is 5.26 Å². The highest BCUT2D eigenvalue weighted by atomic mass is 32.1. The van der Waals surface area contributed by atoms with Crippen molar-refractivity contribution >= 4 is 11.3 Å². The van der Waals surface area contributed by atoms with Crippen molar-refractivity contribution in [2.75, 3.05) is 0 Å². The first-order valence-corrected chi connectivity index (χ1v) is 8.14. The number of aliphatic hydroxyl groups is 1. The zero-order chi connectivity index (χ0) is 13.9. The second kappa shape index (κ2) is 6.07. The van der Waals surface area contributed by atoms with Crippen LogP contribution >= 0.6 is 11.3 Å². The Kier molecular flexibility index (Phi) is 4.65. The third-order valence-electron chi connectivity index (χ3n) is 4.62. The number of nitrogens with zero attached hydrogens (tertiary/aromatic N) is 1. The maximum atomic E-state index is 10.7. The average Bonchev–Trinajstić information content (AvgIpc) is 2.95. The summed E-state index contributed by atoms with van der Waals surface area (Å²) in [4.78, 5) is 2.25. The maximum absolute atomic E-state index is 10.7. The Labute approximate surface area is 120 Å². The lowest BCUT2D eigenvalue weighted by Crippen LogP contribution is -2.32. The molecule has 0 spiro atoms. The Hall–Kier alpha value is -0.850. The molecule has 1 aliphatic rings. The monoisotopic (exact) mass is 277 g/mol. The lowest BCUT2D eigenvalue weighted by atomic mass is 9.67. The van der Waals surface area contributed by atoms with Gasteiger partial charge in [0, 0.05) is 9.75 Å². The highest BCUT2D eigenvalue weighted by Crippen LogP contribution is 2.48. The standard InChI is InChI=1S/C16H23NOS/c1-3-12-7-9-16(11-17,10-8-12)15(18)14-6-5-13(4-2)19-14/h5-6,12,15,18H,3-4,7-10H2,1-2H3. The maximum Gasteiger partial charge on any atom is 0.107 e. The van der Waals surface area contributed by atoms with Gasteiger partial charge in [-0.25, -0.2) is 0 Å². The molecule has 0 aromatic carbocycles. The van der Waals surface area contributed by atoms with Gasteiger partial charge in [-0.2, -0.15) is 5.26 Å². The molecule has 0 amide bonds. The van der Waals surface area contributed by atoms with Gasteiger partial charge in [-0.15, -0.1) is 11.3 Å². The second-order valence-electron chi connectivity index (χ2n) is 5.68. The van der Waals surface area contributed by atoms with Gasteiger partial charge in [0.05, 0.1) is 11.5 Å². The van der Waals surface area contributed by atoms with Gasteiger partial charge >= 0.3 is 0 Å². The van der Waals surface area contributed by atoms with E-state index in [-0.39, 0.29) is 0 Å². The summed E-state index contributed by atoms with van der Waals surface area (Å²) < 4.78 is 0. The van der Waals surface area contributed by atoms with Crippen LogP contribution in [0.4, 0.5) is 0 Å². The molecule has 1 unspecified atom stereocenters. The SMILES string of the molecule is CCc1ccc(C(O)C2(C#N)CCC(CC)CC2)s1. The fraction of sp³-hybridized carbons (Fsp3) is 0.688. The molecule has 1 aromatic heterocycles. The van der Waals surface area contributed by atoms with Gasteiger partial charge in [-0.3, -0.25) is 0 Å². The Morgan fingerprint density at radius 1 is 1.42 bits per heavy atom. The predicted molar refractivity (Wildman–Crippen MR) is 79.0 cm³/mol. The van der Waals surface area contributed by atoms with Crippen LogP contribution in [0, 0.1) is 22.7 Å². The topological polar surface area (TPSA) is 44.0 Å². The van der Waals surface area contributed by atoms with Crippen LogP contribution in [0.5, 0.6) is 0 Å². The molecule has 1 N–H and O–H groups in total. The number of rotatable bonds is 4. The van der Waals surface area contributed by atoms with Gasteiger partial charge in [0.25, 0.3) is 0 Å². The Morgan fingerprint density at radius 2 is 2.11 bits per heavy atom. The molecule has 0 bridgehead atoms. The van der Waals surface area contributed by atoms with Gasteiger partial charge in [0.1, 0.15) is 6.10 Å². The minimum atomic E-state index is -0.611. The largest absolute Gasteiger partial charge is 0.386 e. The molecular weight excluding hydrogens is 254 g/mol. The van der Waals surface area contributed by atoms with Crippen LogP contribution in [0.3, 0.4) is 0 Å². The number of nitriles is 1. The van der Waals surface area contributed by atoms with Gasteiger partial charge < -0.3 is 5.11 Å². The summed E-state index contributed by atoms with van der Waals surface area (Å²) in [6.45, 7) is 4.34. The van der Waals surface area contributed by atoms with Crippen molar-refractivity contribution in [2.45, 2.75) is 58.5 Å². The van der Waals surface area contributed by atoms with Crippen molar-refractivity contribution in [3.63, 3.8) is 0 Å². The first-order valence-electron chi connectivity index (χ1n) is 7.33. The molecule has 3 heteroatoms. The normalized spacial score (nSPS) is 28.8. The molecule has 1 atom stereocenters. The van der Waals surface area contributed by atoms with Crippen LogP contribution < -0.4 is 0 Å². The summed E-state index contributed by atoms with van der Waals surface area (Å²) in [5.74, 6) is 0.739. The van der Waals surface area contributed by atoms with Crippen LogP contribution in [0.1, 0.15) is 61.8 Å². The van der Waals surface area contributed by atoms with E-state index in [0.29, 0.717) is 0 Å². The number of hydrogen-bond donors (Lipinski definition) is 1. The highest BCUT2D eigenvalue weighted by Gasteiger charge is 2.42. The van der Waals surface area contributed by atoms with Crippen molar-refractivity contribution in [2.24, 2.45) is 11.3 Å². The summed E-state index contributed by atoms with van der Waals surface area (Å²) in [5.41, 5.74) is -0.554. The van der Waals surface area contributed by atoms with Crippen LogP contribution in [0.25, 0.3) is 0 Å². The molecule has 0 aliphatic heterocycles. The van der Waals surface area contributed by atoms with E-state index in [4.69, 9.17) is 0 Å². The van der Waals surface area contributed by atoms with E-state index in [1.54, 1.807) is 11.3 Å². The van der Waals surface area contributed by atoms with Crippen LogP contribution in [0.15, 0.2) is 12.1 Å². The van der Waals surface area contributed by atoms with E-state index < -0.39 is 11.5 Å². The molecular formula is C16H23NOS. The van der Waals surface area contributed by atoms with E-state index in [0.717, 1.165) is 42.9 Å². The van der Waals surface area contributed by atoms with Crippen molar-refractivity contribution < 1.29 is 5.11 Å². The highest BCUT2D eigenvalue weighted by molar-refractivity contribution is 7.12. The molecule has 1 saturated carbocycles. The third-order valence-corrected chi connectivity index (χ3v) is 5.90. The molecule has 1 fully saturated rings. The zero-order valence-corrected chi connectivity index (χ0v) is 12.7. The summed E-state index contributed by atoms with van der Waals surface area (Å²) in [5, 5.41) is 20.2. The molecule has 1 aliphatic carbocycles. The smallest absolute Gasteiger partial charge is 0.107 e. The predicted octanol–water partition coefficient (Wildman–Crippen LogP) is 4.45. The zero-order valence-electron chi connectivity index (χ0n) is 11.9. The summed E-state index contributed by atoms with van der Waals surface area (Å²) in [7, 11) is 0. The molecule has 0 radical (unpaired) electrons. The summed E-state index contributed by atoms with van der Waals surface area (Å²) in [6, 6.07) is 6.52. The molecule has 1 heterocycles. The van der Waals surface area contributed by atoms with E-state index in [1.807, 2.05) is 6.07 Å².